The minimum Gasteiger partial charge on any atom is -0.462 e. The van der Waals surface area contributed by atoms with E-state index in [1.54, 1.807) is 14.0 Å². The maximum absolute atomic E-state index is 11.7. The number of benzene rings is 1. The van der Waals surface area contributed by atoms with Gasteiger partial charge in [0, 0.05) is 18.4 Å². The van der Waals surface area contributed by atoms with Crippen LogP contribution in [0.4, 0.5) is 0 Å². The van der Waals surface area contributed by atoms with E-state index in [2.05, 4.69) is 5.32 Å². The first-order valence-electron chi connectivity index (χ1n) is 5.66. The average molecular weight is 306 g/mol. The van der Waals surface area contributed by atoms with Gasteiger partial charge in [0.1, 0.15) is 0 Å². The Morgan fingerprint density at radius 1 is 1.42 bits per heavy atom. The molecule has 1 aromatic rings. The van der Waals surface area contributed by atoms with Crippen LogP contribution in [-0.2, 0) is 21.1 Å². The number of rotatable bonds is 5. The molecule has 0 fully saturated rings. The molecule has 1 N–H and O–H groups in total. The summed E-state index contributed by atoms with van der Waals surface area (Å²) in [7, 11) is -1.74. The van der Waals surface area contributed by atoms with Crippen molar-refractivity contribution in [2.24, 2.45) is 0 Å². The topological polar surface area (TPSA) is 72.5 Å². The zero-order valence-corrected chi connectivity index (χ0v) is 12.6. The van der Waals surface area contributed by atoms with Crippen LogP contribution in [0, 0.1) is 0 Å². The third-order valence-corrected chi connectivity index (χ3v) is 4.06. The van der Waals surface area contributed by atoms with Crippen LogP contribution in [0.1, 0.15) is 22.8 Å². The van der Waals surface area contributed by atoms with Crippen molar-refractivity contribution >= 4 is 27.4 Å². The highest BCUT2D eigenvalue weighted by Crippen LogP contribution is 2.28. The van der Waals surface area contributed by atoms with E-state index in [9.17, 15) is 13.2 Å². The normalized spacial score (nSPS) is 11.4. The van der Waals surface area contributed by atoms with Crippen molar-refractivity contribution in [1.29, 1.82) is 0 Å². The number of nitrogens with one attached hydrogen (secondary N) is 1. The van der Waals surface area contributed by atoms with Crippen LogP contribution in [0.3, 0.4) is 0 Å². The van der Waals surface area contributed by atoms with Gasteiger partial charge in [-0.1, -0.05) is 11.6 Å². The lowest BCUT2D eigenvalue weighted by atomic mass is 10.1. The summed E-state index contributed by atoms with van der Waals surface area (Å²) in [6, 6.07) is 2.75. The number of hydrogen-bond acceptors (Lipinski definition) is 5. The van der Waals surface area contributed by atoms with Crippen molar-refractivity contribution in [3.05, 3.63) is 28.3 Å². The van der Waals surface area contributed by atoms with Crippen molar-refractivity contribution in [1.82, 2.24) is 5.32 Å². The number of ether oxygens (including phenoxy) is 1. The van der Waals surface area contributed by atoms with Crippen LogP contribution < -0.4 is 5.32 Å². The third-order valence-electron chi connectivity index (χ3n) is 2.45. The fourth-order valence-electron chi connectivity index (χ4n) is 1.66. The first-order chi connectivity index (χ1) is 8.82. The van der Waals surface area contributed by atoms with E-state index in [0.29, 0.717) is 5.56 Å². The van der Waals surface area contributed by atoms with Gasteiger partial charge in [0.2, 0.25) is 0 Å². The molecule has 19 heavy (non-hydrogen) atoms. The molecule has 0 amide bonds. The molecule has 0 saturated carbocycles. The monoisotopic (exact) mass is 305 g/mol. The molecule has 106 valence electrons. The lowest BCUT2D eigenvalue weighted by molar-refractivity contribution is 0.0526. The van der Waals surface area contributed by atoms with Crippen molar-refractivity contribution < 1.29 is 17.9 Å². The number of hydrogen-bond donors (Lipinski definition) is 1. The Morgan fingerprint density at radius 3 is 2.53 bits per heavy atom. The third kappa shape index (κ3) is 3.68. The minimum absolute atomic E-state index is 0.107. The molecule has 0 saturated heterocycles. The first kappa shape index (κ1) is 15.9. The Hall–Kier alpha value is -1.11. The standard InChI is InChI=1S/C12H16ClNO4S/c1-4-18-12(15)8-5-6-10(19(3,16)17)9(7-14-2)11(8)13/h5-6,14H,4,7H2,1-3H3. The fraction of sp³-hybridized carbons (Fsp3) is 0.417. The zero-order valence-electron chi connectivity index (χ0n) is 11.0. The summed E-state index contributed by atoms with van der Waals surface area (Å²) in [5, 5.41) is 2.94. The van der Waals surface area contributed by atoms with Crippen LogP contribution in [0.25, 0.3) is 0 Å². The Bertz CT molecular complexity index is 584. The van der Waals surface area contributed by atoms with Gasteiger partial charge < -0.3 is 10.1 Å². The van der Waals surface area contributed by atoms with Gasteiger partial charge >= 0.3 is 5.97 Å². The molecule has 1 aromatic carbocycles. The molecule has 0 aliphatic rings. The summed E-state index contributed by atoms with van der Waals surface area (Å²) >= 11 is 6.12. The minimum atomic E-state index is -3.41. The molecule has 0 unspecified atom stereocenters. The van der Waals surface area contributed by atoms with E-state index in [1.165, 1.54) is 12.1 Å². The smallest absolute Gasteiger partial charge is 0.339 e. The quantitative estimate of drug-likeness (QED) is 0.837. The highest BCUT2D eigenvalue weighted by atomic mass is 35.5. The number of carbonyl (C=O) groups excluding carboxylic acids is 1. The molecule has 0 bridgehead atoms. The van der Waals surface area contributed by atoms with E-state index < -0.39 is 15.8 Å². The van der Waals surface area contributed by atoms with Gasteiger partial charge in [0.15, 0.2) is 9.84 Å². The van der Waals surface area contributed by atoms with E-state index in [4.69, 9.17) is 16.3 Å². The van der Waals surface area contributed by atoms with E-state index in [0.717, 1.165) is 6.26 Å². The molecular formula is C12H16ClNO4S. The Balaban J connectivity index is 3.43. The predicted octanol–water partition coefficient (Wildman–Crippen LogP) is 1.64. The van der Waals surface area contributed by atoms with E-state index >= 15 is 0 Å². The first-order valence-corrected chi connectivity index (χ1v) is 7.93. The van der Waals surface area contributed by atoms with Crippen LogP contribution in [0.2, 0.25) is 5.02 Å². The largest absolute Gasteiger partial charge is 0.462 e. The molecule has 0 radical (unpaired) electrons. The summed E-state index contributed by atoms with van der Waals surface area (Å²) in [5.74, 6) is -0.565. The van der Waals surface area contributed by atoms with Gasteiger partial charge in [-0.3, -0.25) is 0 Å². The average Bonchev–Trinajstić information content (AvgIpc) is 2.30. The van der Waals surface area contributed by atoms with Gasteiger partial charge in [-0.15, -0.1) is 0 Å². The molecule has 7 heteroatoms. The molecule has 1 rings (SSSR count). The zero-order chi connectivity index (χ0) is 14.6. The molecule has 0 aliphatic heterocycles. The predicted molar refractivity (Wildman–Crippen MR) is 73.3 cm³/mol. The lowest BCUT2D eigenvalue weighted by Gasteiger charge is -2.13. The number of esters is 1. The number of halogens is 1. The maximum atomic E-state index is 11.7. The van der Waals surface area contributed by atoms with Gasteiger partial charge in [-0.05, 0) is 26.1 Å². The van der Waals surface area contributed by atoms with E-state index in [1.807, 2.05) is 0 Å². The second-order valence-corrected chi connectivity index (χ2v) is 6.29. The van der Waals surface area contributed by atoms with Crippen LogP contribution in [-0.4, -0.2) is 34.3 Å². The van der Waals surface area contributed by atoms with Crippen molar-refractivity contribution in [3.8, 4) is 0 Å². The summed E-state index contributed by atoms with van der Waals surface area (Å²) in [6.45, 7) is 2.16. The Labute approximate surface area is 117 Å². The number of carbonyl (C=O) groups is 1. The molecule has 0 aliphatic carbocycles. The lowest BCUT2D eigenvalue weighted by Crippen LogP contribution is -2.14. The molecular weight excluding hydrogens is 290 g/mol. The summed E-state index contributed by atoms with van der Waals surface area (Å²) < 4.78 is 28.2. The van der Waals surface area contributed by atoms with Crippen LogP contribution >= 0.6 is 11.6 Å². The summed E-state index contributed by atoms with van der Waals surface area (Å²) in [6.07, 6.45) is 1.10. The van der Waals surface area contributed by atoms with Gasteiger partial charge in [0.25, 0.3) is 0 Å². The van der Waals surface area contributed by atoms with Crippen LogP contribution in [0.5, 0.6) is 0 Å². The van der Waals surface area contributed by atoms with E-state index in [-0.39, 0.29) is 28.6 Å². The molecule has 0 heterocycles. The molecule has 0 spiro atoms. The summed E-state index contributed by atoms with van der Waals surface area (Å²) in [4.78, 5) is 11.8. The van der Waals surface area contributed by atoms with Gasteiger partial charge in [-0.2, -0.15) is 0 Å². The van der Waals surface area contributed by atoms with Crippen molar-refractivity contribution in [2.45, 2.75) is 18.4 Å². The van der Waals surface area contributed by atoms with Crippen LogP contribution in [0.15, 0.2) is 17.0 Å². The Morgan fingerprint density at radius 2 is 2.05 bits per heavy atom. The highest BCUT2D eigenvalue weighted by Gasteiger charge is 2.21. The number of sulfone groups is 1. The second-order valence-electron chi connectivity index (χ2n) is 3.93. The maximum Gasteiger partial charge on any atom is 0.339 e. The Kier molecular flexibility index (Phi) is 5.34. The molecule has 5 nitrogen and oxygen atoms in total. The summed E-state index contributed by atoms with van der Waals surface area (Å²) in [5.41, 5.74) is 0.540. The fourth-order valence-corrected chi connectivity index (χ4v) is 2.96. The molecule has 0 atom stereocenters. The van der Waals surface area contributed by atoms with Gasteiger partial charge in [-0.25, -0.2) is 13.2 Å². The van der Waals surface area contributed by atoms with Gasteiger partial charge in [0.05, 0.1) is 22.1 Å². The van der Waals surface area contributed by atoms with Crippen molar-refractivity contribution in [2.75, 3.05) is 19.9 Å². The highest BCUT2D eigenvalue weighted by molar-refractivity contribution is 7.90. The molecule has 0 aromatic heterocycles. The second kappa shape index (κ2) is 6.36. The van der Waals surface area contributed by atoms with Crippen molar-refractivity contribution in [3.63, 3.8) is 0 Å². The SMILES string of the molecule is CCOC(=O)c1ccc(S(C)(=O)=O)c(CNC)c1Cl.